The Morgan fingerprint density at radius 1 is 1.12 bits per heavy atom. The predicted molar refractivity (Wildman–Crippen MR) is 95.3 cm³/mol. The van der Waals surface area contributed by atoms with Crippen LogP contribution in [0.25, 0.3) is 10.9 Å². The first-order valence-corrected chi connectivity index (χ1v) is 7.77. The van der Waals surface area contributed by atoms with Gasteiger partial charge in [0.2, 0.25) is 5.91 Å². The summed E-state index contributed by atoms with van der Waals surface area (Å²) in [5, 5.41) is 3.36. The van der Waals surface area contributed by atoms with Crippen molar-refractivity contribution in [2.45, 2.75) is 27.3 Å². The van der Waals surface area contributed by atoms with Gasteiger partial charge in [0.15, 0.2) is 0 Å². The summed E-state index contributed by atoms with van der Waals surface area (Å²) in [6.45, 7) is 5.79. The zero-order valence-electron chi connectivity index (χ0n) is 14.0. The van der Waals surface area contributed by atoms with Crippen LogP contribution >= 0.6 is 0 Å². The third-order valence-corrected chi connectivity index (χ3v) is 3.87. The monoisotopic (exact) mass is 321 g/mol. The van der Waals surface area contributed by atoms with E-state index in [1.807, 2.05) is 51.1 Å². The smallest absolute Gasteiger partial charge is 0.261 e. The molecule has 0 aliphatic heterocycles. The van der Waals surface area contributed by atoms with Gasteiger partial charge >= 0.3 is 0 Å². The van der Waals surface area contributed by atoms with Crippen molar-refractivity contribution in [2.75, 3.05) is 5.32 Å². The maximum absolute atomic E-state index is 12.5. The van der Waals surface area contributed by atoms with E-state index in [1.54, 1.807) is 6.07 Å². The van der Waals surface area contributed by atoms with Crippen molar-refractivity contribution in [3.05, 3.63) is 69.8 Å². The number of fused-ring (bicyclic) bond motifs is 1. The third-order valence-electron chi connectivity index (χ3n) is 3.87. The highest BCUT2D eigenvalue weighted by Crippen LogP contribution is 2.14. The molecule has 0 saturated heterocycles. The highest BCUT2D eigenvalue weighted by Gasteiger charge is 2.09. The standard InChI is InChI=1S/C19H19N3O2/c1-12-7-13(2)9-15(8-12)21-17(23)10-22-11-20-18-14(3)5-4-6-16(18)19(22)24/h4-9,11H,10H2,1-3H3,(H,21,23). The first-order chi connectivity index (χ1) is 11.4. The molecule has 0 saturated carbocycles. The van der Waals surface area contributed by atoms with E-state index in [4.69, 9.17) is 0 Å². The lowest BCUT2D eigenvalue weighted by molar-refractivity contribution is -0.116. The Kier molecular flexibility index (Phi) is 4.16. The molecule has 122 valence electrons. The number of anilines is 1. The van der Waals surface area contributed by atoms with Crippen LogP contribution in [-0.4, -0.2) is 15.5 Å². The number of para-hydroxylation sites is 1. The lowest BCUT2D eigenvalue weighted by atomic mass is 10.1. The van der Waals surface area contributed by atoms with Crippen LogP contribution in [-0.2, 0) is 11.3 Å². The minimum absolute atomic E-state index is 0.0668. The molecule has 1 amide bonds. The Morgan fingerprint density at radius 2 is 1.83 bits per heavy atom. The molecule has 5 heteroatoms. The first kappa shape index (κ1) is 15.9. The van der Waals surface area contributed by atoms with Crippen LogP contribution in [0, 0.1) is 20.8 Å². The van der Waals surface area contributed by atoms with E-state index >= 15 is 0 Å². The maximum Gasteiger partial charge on any atom is 0.261 e. The Labute approximate surface area is 140 Å². The number of amides is 1. The number of carbonyl (C=O) groups is 1. The molecule has 1 N–H and O–H groups in total. The van der Waals surface area contributed by atoms with Crippen LogP contribution in [0.4, 0.5) is 5.69 Å². The van der Waals surface area contributed by atoms with Gasteiger partial charge in [-0.05, 0) is 55.7 Å². The Balaban J connectivity index is 1.85. The lowest BCUT2D eigenvalue weighted by Crippen LogP contribution is -2.28. The second-order valence-electron chi connectivity index (χ2n) is 6.07. The zero-order chi connectivity index (χ0) is 17.3. The van der Waals surface area contributed by atoms with Gasteiger partial charge in [-0.25, -0.2) is 4.98 Å². The number of rotatable bonds is 3. The van der Waals surface area contributed by atoms with Crippen molar-refractivity contribution in [2.24, 2.45) is 0 Å². The van der Waals surface area contributed by atoms with Crippen LogP contribution < -0.4 is 10.9 Å². The van der Waals surface area contributed by atoms with Gasteiger partial charge in [0.05, 0.1) is 17.2 Å². The molecule has 5 nitrogen and oxygen atoms in total. The summed E-state index contributed by atoms with van der Waals surface area (Å²) in [6, 6.07) is 11.3. The topological polar surface area (TPSA) is 64.0 Å². The number of hydrogen-bond acceptors (Lipinski definition) is 3. The number of aromatic nitrogens is 2. The fourth-order valence-electron chi connectivity index (χ4n) is 2.85. The summed E-state index contributed by atoms with van der Waals surface area (Å²) in [5.41, 5.74) is 4.29. The van der Waals surface area contributed by atoms with Crippen molar-refractivity contribution < 1.29 is 4.79 Å². The first-order valence-electron chi connectivity index (χ1n) is 7.77. The highest BCUT2D eigenvalue weighted by molar-refractivity contribution is 5.91. The second-order valence-corrected chi connectivity index (χ2v) is 6.07. The van der Waals surface area contributed by atoms with Crippen LogP contribution in [0.15, 0.2) is 47.5 Å². The summed E-state index contributed by atoms with van der Waals surface area (Å²) < 4.78 is 1.33. The Bertz CT molecular complexity index is 969. The summed E-state index contributed by atoms with van der Waals surface area (Å²) in [4.78, 5) is 29.1. The van der Waals surface area contributed by atoms with Gasteiger partial charge in [0.25, 0.3) is 5.56 Å². The summed E-state index contributed by atoms with van der Waals surface area (Å²) >= 11 is 0. The van der Waals surface area contributed by atoms with E-state index in [9.17, 15) is 9.59 Å². The van der Waals surface area contributed by atoms with E-state index in [1.165, 1.54) is 10.9 Å². The van der Waals surface area contributed by atoms with Crippen LogP contribution in [0.5, 0.6) is 0 Å². The third kappa shape index (κ3) is 3.20. The van der Waals surface area contributed by atoms with E-state index in [2.05, 4.69) is 10.3 Å². The summed E-state index contributed by atoms with van der Waals surface area (Å²) in [7, 11) is 0. The summed E-state index contributed by atoms with van der Waals surface area (Å²) in [5.74, 6) is -0.254. The molecule has 1 aromatic heterocycles. The molecule has 3 aromatic rings. The van der Waals surface area contributed by atoms with E-state index in [-0.39, 0.29) is 18.0 Å². The molecule has 0 radical (unpaired) electrons. The predicted octanol–water partition coefficient (Wildman–Crippen LogP) is 2.96. The molecule has 0 aliphatic carbocycles. The fourth-order valence-corrected chi connectivity index (χ4v) is 2.85. The molecular formula is C19H19N3O2. The number of nitrogens with zero attached hydrogens (tertiary/aromatic N) is 2. The van der Waals surface area contributed by atoms with Crippen LogP contribution in [0.2, 0.25) is 0 Å². The number of carbonyl (C=O) groups excluding carboxylic acids is 1. The number of benzene rings is 2. The molecule has 0 spiro atoms. The normalized spacial score (nSPS) is 10.8. The average molecular weight is 321 g/mol. The van der Waals surface area contributed by atoms with Gasteiger partial charge in [-0.15, -0.1) is 0 Å². The van der Waals surface area contributed by atoms with Gasteiger partial charge < -0.3 is 5.32 Å². The fraction of sp³-hybridized carbons (Fsp3) is 0.211. The highest BCUT2D eigenvalue weighted by atomic mass is 16.2. The number of nitrogens with one attached hydrogen (secondary N) is 1. The van der Waals surface area contributed by atoms with Gasteiger partial charge in [-0.1, -0.05) is 18.2 Å². The van der Waals surface area contributed by atoms with E-state index in [0.29, 0.717) is 10.9 Å². The van der Waals surface area contributed by atoms with Crippen molar-refractivity contribution in [3.8, 4) is 0 Å². The Hall–Kier alpha value is -2.95. The van der Waals surface area contributed by atoms with E-state index < -0.39 is 0 Å². The minimum atomic E-state index is -0.254. The molecule has 0 unspecified atom stereocenters. The van der Waals surface area contributed by atoms with Crippen LogP contribution in [0.3, 0.4) is 0 Å². The molecule has 24 heavy (non-hydrogen) atoms. The molecular weight excluding hydrogens is 302 g/mol. The van der Waals surface area contributed by atoms with Crippen molar-refractivity contribution in [1.29, 1.82) is 0 Å². The maximum atomic E-state index is 12.5. The Morgan fingerprint density at radius 3 is 2.54 bits per heavy atom. The van der Waals surface area contributed by atoms with Gasteiger partial charge in [0, 0.05) is 5.69 Å². The molecule has 0 fully saturated rings. The second kappa shape index (κ2) is 6.28. The quantitative estimate of drug-likeness (QED) is 0.806. The average Bonchev–Trinajstić information content (AvgIpc) is 2.49. The van der Waals surface area contributed by atoms with Crippen molar-refractivity contribution in [3.63, 3.8) is 0 Å². The number of hydrogen-bond donors (Lipinski definition) is 1. The van der Waals surface area contributed by atoms with Crippen molar-refractivity contribution in [1.82, 2.24) is 9.55 Å². The molecule has 2 aromatic carbocycles. The lowest BCUT2D eigenvalue weighted by Gasteiger charge is -2.10. The SMILES string of the molecule is Cc1cc(C)cc(NC(=O)Cn2cnc3c(C)cccc3c2=O)c1. The van der Waals surface area contributed by atoms with Gasteiger partial charge in [0.1, 0.15) is 6.54 Å². The van der Waals surface area contributed by atoms with E-state index in [0.717, 1.165) is 22.4 Å². The largest absolute Gasteiger partial charge is 0.325 e. The van der Waals surface area contributed by atoms with Crippen LogP contribution in [0.1, 0.15) is 16.7 Å². The molecule has 0 atom stereocenters. The summed E-state index contributed by atoms with van der Waals surface area (Å²) in [6.07, 6.45) is 1.43. The zero-order valence-corrected chi connectivity index (χ0v) is 14.0. The molecule has 0 bridgehead atoms. The van der Waals surface area contributed by atoms with Crippen molar-refractivity contribution >= 4 is 22.5 Å². The minimum Gasteiger partial charge on any atom is -0.325 e. The molecule has 0 aliphatic rings. The van der Waals surface area contributed by atoms with Gasteiger partial charge in [-0.3, -0.25) is 14.2 Å². The number of aryl methyl sites for hydroxylation is 3. The van der Waals surface area contributed by atoms with Gasteiger partial charge in [-0.2, -0.15) is 0 Å². The molecule has 3 rings (SSSR count). The molecule has 1 heterocycles.